The Hall–Kier alpha value is -2.35. The molecule has 1 saturated carbocycles. The molecule has 136 valence electrons. The number of urea groups is 1. The average molecular weight is 348 g/mol. The lowest BCUT2D eigenvalue weighted by molar-refractivity contribution is -0.133. The topological polar surface area (TPSA) is 107 Å². The molecule has 1 saturated heterocycles. The van der Waals surface area contributed by atoms with Crippen molar-refractivity contribution in [2.24, 2.45) is 5.73 Å². The number of carbonyl (C=O) groups excluding carboxylic acids is 2. The maximum absolute atomic E-state index is 12.3. The molecule has 1 atom stereocenters. The molecule has 0 bridgehead atoms. The van der Waals surface area contributed by atoms with Gasteiger partial charge in [-0.1, -0.05) is 0 Å². The van der Waals surface area contributed by atoms with Crippen LogP contribution in [-0.2, 0) is 16.1 Å². The lowest BCUT2D eigenvalue weighted by Gasteiger charge is -2.31. The van der Waals surface area contributed by atoms with Gasteiger partial charge >= 0.3 is 6.03 Å². The summed E-state index contributed by atoms with van der Waals surface area (Å²) in [6.45, 7) is 1.27. The first kappa shape index (κ1) is 17.5. The van der Waals surface area contributed by atoms with Crippen molar-refractivity contribution in [3.63, 3.8) is 0 Å². The van der Waals surface area contributed by atoms with Crippen LogP contribution in [0.5, 0.6) is 5.88 Å². The molecule has 0 spiro atoms. The van der Waals surface area contributed by atoms with Gasteiger partial charge in [-0.25, -0.2) is 9.78 Å². The number of pyridine rings is 1. The second kappa shape index (κ2) is 8.15. The van der Waals surface area contributed by atoms with Crippen LogP contribution in [0.4, 0.5) is 4.79 Å². The maximum Gasteiger partial charge on any atom is 0.317 e. The van der Waals surface area contributed by atoms with E-state index in [9.17, 15) is 9.59 Å². The fourth-order valence-corrected chi connectivity index (χ4v) is 3.10. The molecule has 8 nitrogen and oxygen atoms in total. The molecule has 2 fully saturated rings. The van der Waals surface area contributed by atoms with Crippen molar-refractivity contribution in [1.29, 1.82) is 0 Å². The fraction of sp³-hybridized carbons (Fsp3) is 0.588. The van der Waals surface area contributed by atoms with Crippen LogP contribution in [0.3, 0.4) is 0 Å². The average Bonchev–Trinajstić information content (AvgIpc) is 3.13. The molecule has 1 aromatic heterocycles. The third kappa shape index (κ3) is 4.82. The molecule has 0 radical (unpaired) electrons. The van der Waals surface area contributed by atoms with Crippen LogP contribution in [0.15, 0.2) is 18.3 Å². The second-order valence-corrected chi connectivity index (χ2v) is 6.39. The monoisotopic (exact) mass is 348 g/mol. The summed E-state index contributed by atoms with van der Waals surface area (Å²) in [5.74, 6) is 0.0409. The van der Waals surface area contributed by atoms with Gasteiger partial charge in [-0.05, 0) is 37.3 Å². The number of nitrogens with one attached hydrogen (secondary N) is 1. The number of rotatable bonds is 5. The highest BCUT2D eigenvalue weighted by Crippen LogP contribution is 2.23. The van der Waals surface area contributed by atoms with Gasteiger partial charge in [-0.3, -0.25) is 4.79 Å². The second-order valence-electron chi connectivity index (χ2n) is 6.39. The number of amides is 3. The zero-order valence-corrected chi connectivity index (χ0v) is 14.1. The zero-order chi connectivity index (χ0) is 17.6. The largest absolute Gasteiger partial charge is 0.474 e. The first-order valence-corrected chi connectivity index (χ1v) is 8.67. The summed E-state index contributed by atoms with van der Waals surface area (Å²) in [6.07, 6.45) is 5.73. The van der Waals surface area contributed by atoms with Crippen LogP contribution in [0, 0.1) is 0 Å². The van der Waals surface area contributed by atoms with Gasteiger partial charge in [-0.15, -0.1) is 0 Å². The summed E-state index contributed by atoms with van der Waals surface area (Å²) in [7, 11) is 0. The van der Waals surface area contributed by atoms with Crippen LogP contribution in [0.1, 0.15) is 31.2 Å². The van der Waals surface area contributed by atoms with E-state index < -0.39 is 12.0 Å². The molecule has 0 unspecified atom stereocenters. The molecule has 3 rings (SSSR count). The first-order chi connectivity index (χ1) is 12.1. The summed E-state index contributed by atoms with van der Waals surface area (Å²) in [4.78, 5) is 29.2. The molecular formula is C17H24N4O4. The zero-order valence-electron chi connectivity index (χ0n) is 14.1. The number of ether oxygens (including phenoxy) is 2. The Labute approximate surface area is 146 Å². The molecule has 1 aliphatic carbocycles. The summed E-state index contributed by atoms with van der Waals surface area (Å²) in [5.41, 5.74) is 6.15. The van der Waals surface area contributed by atoms with Crippen LogP contribution < -0.4 is 15.8 Å². The van der Waals surface area contributed by atoms with Crippen molar-refractivity contribution in [3.05, 3.63) is 23.9 Å². The quantitative estimate of drug-likeness (QED) is 0.818. The van der Waals surface area contributed by atoms with Gasteiger partial charge in [0.1, 0.15) is 6.10 Å². The predicted octanol–water partition coefficient (Wildman–Crippen LogP) is 0.799. The van der Waals surface area contributed by atoms with Crippen molar-refractivity contribution in [2.75, 3.05) is 19.7 Å². The molecule has 0 aromatic carbocycles. The Balaban J connectivity index is 1.50. The Morgan fingerprint density at radius 2 is 2.20 bits per heavy atom. The molecular weight excluding hydrogens is 324 g/mol. The van der Waals surface area contributed by atoms with Crippen molar-refractivity contribution in [2.45, 2.75) is 44.4 Å². The minimum atomic E-state index is -0.744. The highest BCUT2D eigenvalue weighted by atomic mass is 16.5. The minimum Gasteiger partial charge on any atom is -0.474 e. The van der Waals surface area contributed by atoms with Crippen LogP contribution in [0.25, 0.3) is 0 Å². The van der Waals surface area contributed by atoms with Crippen LogP contribution >= 0.6 is 0 Å². The number of nitrogens with zero attached hydrogens (tertiary/aromatic N) is 2. The first-order valence-electron chi connectivity index (χ1n) is 8.67. The number of aromatic nitrogens is 1. The van der Waals surface area contributed by atoms with Gasteiger partial charge in [0.25, 0.3) is 0 Å². The molecule has 2 heterocycles. The predicted molar refractivity (Wildman–Crippen MR) is 89.9 cm³/mol. The van der Waals surface area contributed by atoms with Crippen LogP contribution in [-0.4, -0.2) is 53.7 Å². The Bertz CT molecular complexity index is 618. The van der Waals surface area contributed by atoms with Crippen molar-refractivity contribution in [3.8, 4) is 5.88 Å². The molecule has 1 aromatic rings. The minimum absolute atomic E-state index is 0.174. The number of hydrogen-bond donors (Lipinski definition) is 2. The smallest absolute Gasteiger partial charge is 0.317 e. The Kier molecular flexibility index (Phi) is 5.70. The van der Waals surface area contributed by atoms with E-state index in [0.29, 0.717) is 25.6 Å². The SMILES string of the molecule is NC(=O)[C@H]1CN(C(=O)NCc2ccnc(OC3CCCC3)c2)CCO1. The van der Waals surface area contributed by atoms with E-state index in [1.807, 2.05) is 12.1 Å². The standard InChI is InChI=1S/C17H24N4O4/c18-16(22)14-11-21(7-8-24-14)17(23)20-10-12-5-6-19-15(9-12)25-13-3-1-2-4-13/h5-6,9,13-14H,1-4,7-8,10-11H2,(H2,18,22)(H,20,23)/t14-/m1/s1. The van der Waals surface area contributed by atoms with E-state index in [-0.39, 0.29) is 18.7 Å². The molecule has 2 aliphatic rings. The van der Waals surface area contributed by atoms with E-state index in [4.69, 9.17) is 15.2 Å². The van der Waals surface area contributed by atoms with Gasteiger partial charge in [0.05, 0.1) is 13.2 Å². The highest BCUT2D eigenvalue weighted by molar-refractivity contribution is 5.81. The number of nitrogens with two attached hydrogens (primary N) is 1. The van der Waals surface area contributed by atoms with E-state index >= 15 is 0 Å². The summed E-state index contributed by atoms with van der Waals surface area (Å²) >= 11 is 0. The van der Waals surface area contributed by atoms with Crippen molar-refractivity contribution >= 4 is 11.9 Å². The Morgan fingerprint density at radius 1 is 1.40 bits per heavy atom. The van der Waals surface area contributed by atoms with Crippen molar-refractivity contribution in [1.82, 2.24) is 15.2 Å². The van der Waals surface area contributed by atoms with Gasteiger partial charge < -0.3 is 25.4 Å². The normalized spacial score (nSPS) is 21.1. The number of morpholine rings is 1. The van der Waals surface area contributed by atoms with Gasteiger partial charge in [0.15, 0.2) is 6.10 Å². The lowest BCUT2D eigenvalue weighted by Crippen LogP contribution is -2.53. The van der Waals surface area contributed by atoms with Gasteiger partial charge in [0.2, 0.25) is 11.8 Å². The number of primary amides is 1. The third-order valence-corrected chi connectivity index (χ3v) is 4.50. The van der Waals surface area contributed by atoms with E-state index in [2.05, 4.69) is 10.3 Å². The van der Waals surface area contributed by atoms with Gasteiger partial charge in [-0.2, -0.15) is 0 Å². The third-order valence-electron chi connectivity index (χ3n) is 4.50. The lowest BCUT2D eigenvalue weighted by atomic mass is 10.2. The maximum atomic E-state index is 12.3. The Morgan fingerprint density at radius 3 is 2.96 bits per heavy atom. The highest BCUT2D eigenvalue weighted by Gasteiger charge is 2.27. The molecule has 1 aliphatic heterocycles. The van der Waals surface area contributed by atoms with E-state index in [1.54, 1.807) is 6.20 Å². The van der Waals surface area contributed by atoms with E-state index in [1.165, 1.54) is 17.7 Å². The molecule has 3 amide bonds. The summed E-state index contributed by atoms with van der Waals surface area (Å²) in [5, 5.41) is 2.84. The fourth-order valence-electron chi connectivity index (χ4n) is 3.10. The summed E-state index contributed by atoms with van der Waals surface area (Å²) < 4.78 is 11.1. The molecule has 8 heteroatoms. The molecule has 25 heavy (non-hydrogen) atoms. The number of hydrogen-bond acceptors (Lipinski definition) is 5. The molecule has 3 N–H and O–H groups in total. The van der Waals surface area contributed by atoms with Crippen molar-refractivity contribution < 1.29 is 19.1 Å². The number of carbonyl (C=O) groups is 2. The van der Waals surface area contributed by atoms with Crippen LogP contribution in [0.2, 0.25) is 0 Å². The van der Waals surface area contributed by atoms with E-state index in [0.717, 1.165) is 18.4 Å². The summed E-state index contributed by atoms with van der Waals surface area (Å²) in [6, 6.07) is 3.45. The van der Waals surface area contributed by atoms with Gasteiger partial charge in [0, 0.05) is 25.4 Å².